The van der Waals surface area contributed by atoms with Crippen molar-refractivity contribution in [3.63, 3.8) is 0 Å². The Kier molecular flexibility index (Phi) is 4.32. The largest absolute Gasteiger partial charge is 0.293 e. The number of ketones is 1. The predicted molar refractivity (Wildman–Crippen MR) is 75.9 cm³/mol. The highest BCUT2D eigenvalue weighted by Crippen LogP contribution is 2.18. The van der Waals surface area contributed by atoms with Gasteiger partial charge >= 0.3 is 0 Å². The van der Waals surface area contributed by atoms with Crippen molar-refractivity contribution in [2.24, 2.45) is 0 Å². The van der Waals surface area contributed by atoms with Crippen LogP contribution in [0.3, 0.4) is 0 Å². The number of carbonyl (C=O) groups is 1. The average molecular weight is 323 g/mol. The lowest BCUT2D eigenvalue weighted by atomic mass is 10.1. The smallest absolute Gasteiger partial charge is 0.269 e. The molecule has 22 heavy (non-hydrogen) atoms. The molecule has 0 aromatic heterocycles. The molecule has 0 amide bonds. The van der Waals surface area contributed by atoms with Crippen molar-refractivity contribution in [3.8, 4) is 0 Å². The summed E-state index contributed by atoms with van der Waals surface area (Å²) in [5, 5.41) is 10.5. The van der Waals surface area contributed by atoms with E-state index >= 15 is 0 Å². The summed E-state index contributed by atoms with van der Waals surface area (Å²) < 4.78 is 37.0. The fourth-order valence-electron chi connectivity index (χ4n) is 1.75. The highest BCUT2D eigenvalue weighted by Gasteiger charge is 2.21. The first-order valence-corrected chi connectivity index (χ1v) is 7.71. The van der Waals surface area contributed by atoms with E-state index < -0.39 is 32.1 Å². The highest BCUT2D eigenvalue weighted by atomic mass is 32.2. The molecule has 0 aliphatic carbocycles. The third-order valence-electron chi connectivity index (χ3n) is 2.89. The molecule has 2 aromatic carbocycles. The van der Waals surface area contributed by atoms with E-state index in [9.17, 15) is 27.7 Å². The van der Waals surface area contributed by atoms with Gasteiger partial charge in [-0.3, -0.25) is 14.9 Å². The van der Waals surface area contributed by atoms with Crippen LogP contribution in [0.4, 0.5) is 10.1 Å². The number of nitro benzene ring substituents is 1. The second-order valence-electron chi connectivity index (χ2n) is 4.44. The maximum absolute atomic E-state index is 12.8. The Morgan fingerprint density at radius 3 is 2.09 bits per heavy atom. The number of rotatable bonds is 5. The minimum atomic E-state index is -3.93. The van der Waals surface area contributed by atoms with Gasteiger partial charge in [-0.25, -0.2) is 12.8 Å². The molecule has 0 aliphatic rings. The number of sulfone groups is 1. The van der Waals surface area contributed by atoms with Crippen molar-refractivity contribution in [1.29, 1.82) is 0 Å². The first-order valence-electron chi connectivity index (χ1n) is 6.05. The molecule has 114 valence electrons. The number of nitrogens with zero attached hydrogens (tertiary/aromatic N) is 1. The lowest BCUT2D eigenvalue weighted by Crippen LogP contribution is -2.16. The molecule has 0 saturated carbocycles. The molecular formula is C14H10FNO5S. The van der Waals surface area contributed by atoms with E-state index in [0.29, 0.717) is 0 Å². The van der Waals surface area contributed by atoms with Gasteiger partial charge in [-0.15, -0.1) is 0 Å². The van der Waals surface area contributed by atoms with Gasteiger partial charge in [-0.05, 0) is 36.4 Å². The number of halogens is 1. The van der Waals surface area contributed by atoms with Gasteiger partial charge in [0.15, 0.2) is 15.6 Å². The normalized spacial score (nSPS) is 11.1. The van der Waals surface area contributed by atoms with E-state index in [1.807, 2.05) is 0 Å². The van der Waals surface area contributed by atoms with Gasteiger partial charge in [0.2, 0.25) is 0 Å². The van der Waals surface area contributed by atoms with Crippen molar-refractivity contribution in [1.82, 2.24) is 0 Å². The Balaban J connectivity index is 2.21. The van der Waals surface area contributed by atoms with E-state index in [4.69, 9.17) is 0 Å². The SMILES string of the molecule is O=C(CS(=O)(=O)c1ccc([N+](=O)[O-])cc1)c1ccc(F)cc1. The topological polar surface area (TPSA) is 94.3 Å². The third-order valence-corrected chi connectivity index (χ3v) is 4.53. The predicted octanol–water partition coefficient (Wildman–Crippen LogP) is 2.39. The van der Waals surface area contributed by atoms with Crippen LogP contribution in [0, 0.1) is 15.9 Å². The van der Waals surface area contributed by atoms with E-state index in [1.165, 1.54) is 12.1 Å². The van der Waals surface area contributed by atoms with Crippen LogP contribution in [0.2, 0.25) is 0 Å². The molecule has 0 heterocycles. The van der Waals surface area contributed by atoms with E-state index in [0.717, 1.165) is 36.4 Å². The van der Waals surface area contributed by atoms with Crippen LogP contribution < -0.4 is 0 Å². The van der Waals surface area contributed by atoms with Crippen molar-refractivity contribution in [3.05, 3.63) is 70.0 Å². The van der Waals surface area contributed by atoms with Crippen LogP contribution in [0.15, 0.2) is 53.4 Å². The Morgan fingerprint density at radius 2 is 1.59 bits per heavy atom. The summed E-state index contributed by atoms with van der Waals surface area (Å²) in [7, 11) is -3.93. The van der Waals surface area contributed by atoms with Gasteiger partial charge in [0.05, 0.1) is 9.82 Å². The summed E-state index contributed by atoms with van der Waals surface area (Å²) in [6.07, 6.45) is 0. The number of nitro groups is 1. The number of carbonyl (C=O) groups excluding carboxylic acids is 1. The number of hydrogen-bond acceptors (Lipinski definition) is 5. The van der Waals surface area contributed by atoms with Gasteiger partial charge in [0, 0.05) is 17.7 Å². The Morgan fingerprint density at radius 1 is 1.05 bits per heavy atom. The van der Waals surface area contributed by atoms with Gasteiger partial charge in [0.1, 0.15) is 11.6 Å². The second-order valence-corrected chi connectivity index (χ2v) is 6.43. The summed E-state index contributed by atoms with van der Waals surface area (Å²) in [4.78, 5) is 21.6. The Hall–Kier alpha value is -2.61. The maximum atomic E-state index is 12.8. The summed E-state index contributed by atoms with van der Waals surface area (Å²) in [6, 6.07) is 8.77. The quantitative estimate of drug-likeness (QED) is 0.478. The number of non-ortho nitro benzene ring substituents is 1. The maximum Gasteiger partial charge on any atom is 0.269 e. The molecule has 2 rings (SSSR count). The average Bonchev–Trinajstić information content (AvgIpc) is 2.47. The minimum absolute atomic E-state index is 0.0758. The van der Waals surface area contributed by atoms with E-state index in [2.05, 4.69) is 0 Å². The van der Waals surface area contributed by atoms with Crippen molar-refractivity contribution in [2.75, 3.05) is 5.75 Å². The first-order chi connectivity index (χ1) is 10.3. The van der Waals surface area contributed by atoms with Gasteiger partial charge in [-0.2, -0.15) is 0 Å². The first kappa shape index (κ1) is 15.8. The van der Waals surface area contributed by atoms with Crippen LogP contribution in [0.5, 0.6) is 0 Å². The van der Waals surface area contributed by atoms with Crippen LogP contribution in [-0.4, -0.2) is 24.9 Å². The molecule has 0 N–H and O–H groups in total. The Labute approximate surface area is 125 Å². The number of hydrogen-bond donors (Lipinski definition) is 0. The zero-order valence-corrected chi connectivity index (χ0v) is 11.9. The summed E-state index contributed by atoms with van der Waals surface area (Å²) in [6.45, 7) is 0. The standard InChI is InChI=1S/C14H10FNO5S/c15-11-3-1-10(2-4-11)14(17)9-22(20,21)13-7-5-12(6-8-13)16(18)19/h1-8H,9H2. The van der Waals surface area contributed by atoms with Crippen LogP contribution >= 0.6 is 0 Å². The van der Waals surface area contributed by atoms with Crippen molar-refractivity contribution >= 4 is 21.3 Å². The zero-order chi connectivity index (χ0) is 16.3. The zero-order valence-electron chi connectivity index (χ0n) is 11.1. The monoisotopic (exact) mass is 323 g/mol. The van der Waals surface area contributed by atoms with E-state index in [-0.39, 0.29) is 16.1 Å². The van der Waals surface area contributed by atoms with Gasteiger partial charge < -0.3 is 0 Å². The third kappa shape index (κ3) is 3.53. The fourth-order valence-corrected chi connectivity index (χ4v) is 2.98. The molecule has 0 radical (unpaired) electrons. The summed E-state index contributed by atoms with van der Waals surface area (Å²) in [5.41, 5.74) is -0.171. The summed E-state index contributed by atoms with van der Waals surface area (Å²) >= 11 is 0. The number of benzene rings is 2. The Bertz CT molecular complexity index is 813. The molecule has 6 nitrogen and oxygen atoms in total. The lowest BCUT2D eigenvalue weighted by molar-refractivity contribution is -0.384. The minimum Gasteiger partial charge on any atom is -0.293 e. The summed E-state index contributed by atoms with van der Waals surface area (Å²) in [5.74, 6) is -2.01. The molecule has 0 saturated heterocycles. The van der Waals surface area contributed by atoms with Crippen LogP contribution in [0.25, 0.3) is 0 Å². The highest BCUT2D eigenvalue weighted by molar-refractivity contribution is 7.92. The molecule has 0 atom stereocenters. The van der Waals surface area contributed by atoms with Crippen LogP contribution in [-0.2, 0) is 9.84 Å². The molecule has 8 heteroatoms. The van der Waals surface area contributed by atoms with E-state index in [1.54, 1.807) is 0 Å². The molecule has 2 aromatic rings. The molecule has 0 fully saturated rings. The molecule has 0 spiro atoms. The molecule has 0 aliphatic heterocycles. The van der Waals surface area contributed by atoms with Gasteiger partial charge in [0.25, 0.3) is 5.69 Å². The van der Waals surface area contributed by atoms with Crippen molar-refractivity contribution in [2.45, 2.75) is 4.90 Å². The second kappa shape index (κ2) is 6.02. The van der Waals surface area contributed by atoms with Crippen molar-refractivity contribution < 1.29 is 22.5 Å². The fraction of sp³-hybridized carbons (Fsp3) is 0.0714. The molecule has 0 unspecified atom stereocenters. The van der Waals surface area contributed by atoms with Crippen LogP contribution in [0.1, 0.15) is 10.4 Å². The lowest BCUT2D eigenvalue weighted by Gasteiger charge is -2.04. The van der Waals surface area contributed by atoms with Gasteiger partial charge in [-0.1, -0.05) is 0 Å². The molecule has 0 bridgehead atoms. The number of Topliss-reactive ketones (excluding diaryl/α,β-unsaturated/α-hetero) is 1. The molecular weight excluding hydrogens is 313 g/mol.